The van der Waals surface area contributed by atoms with Gasteiger partial charge in [0.15, 0.2) is 0 Å². The van der Waals surface area contributed by atoms with Gasteiger partial charge in [0.1, 0.15) is 0 Å². The van der Waals surface area contributed by atoms with Crippen LogP contribution in [0.5, 0.6) is 0 Å². The predicted molar refractivity (Wildman–Crippen MR) is 73.1 cm³/mol. The van der Waals surface area contributed by atoms with Crippen LogP contribution in [0.3, 0.4) is 0 Å². The first kappa shape index (κ1) is 14.9. The van der Waals surface area contributed by atoms with E-state index in [4.69, 9.17) is 0 Å². The van der Waals surface area contributed by atoms with Gasteiger partial charge in [-0.15, -0.1) is 0 Å². The van der Waals surface area contributed by atoms with Crippen molar-refractivity contribution in [3.8, 4) is 0 Å². The number of rotatable bonds is 5. The third kappa shape index (κ3) is 4.23. The Morgan fingerprint density at radius 1 is 1.29 bits per heavy atom. The highest BCUT2D eigenvalue weighted by Gasteiger charge is 2.30. The third-order valence-corrected chi connectivity index (χ3v) is 4.55. The van der Waals surface area contributed by atoms with Crippen molar-refractivity contribution in [1.82, 2.24) is 10.2 Å². The van der Waals surface area contributed by atoms with Crippen molar-refractivity contribution in [2.75, 3.05) is 26.7 Å². The molecule has 0 saturated carbocycles. The minimum atomic E-state index is -0.138. The molecule has 102 valence electrons. The minimum Gasteiger partial charge on any atom is -0.393 e. The van der Waals surface area contributed by atoms with Crippen LogP contribution in [0.1, 0.15) is 40.5 Å². The van der Waals surface area contributed by atoms with E-state index in [2.05, 4.69) is 31.0 Å². The standard InChI is InChI=1S/C14H30N2O/c1-11(17)13-6-8-16(9-7-13)10-14(3,4)12(2)15-5/h11-13,15,17H,6-10H2,1-5H3. The number of nitrogens with zero attached hydrogens (tertiary/aromatic N) is 1. The molecule has 2 N–H and O–H groups in total. The highest BCUT2D eigenvalue weighted by atomic mass is 16.3. The number of hydrogen-bond donors (Lipinski definition) is 2. The van der Waals surface area contributed by atoms with Crippen molar-refractivity contribution in [2.24, 2.45) is 11.3 Å². The van der Waals surface area contributed by atoms with E-state index in [0.717, 1.165) is 32.5 Å². The summed E-state index contributed by atoms with van der Waals surface area (Å²) in [5, 5.41) is 12.9. The Morgan fingerprint density at radius 2 is 1.82 bits per heavy atom. The molecule has 1 fully saturated rings. The second-order valence-corrected chi connectivity index (χ2v) is 6.35. The van der Waals surface area contributed by atoms with Crippen molar-refractivity contribution in [1.29, 1.82) is 0 Å². The Hall–Kier alpha value is -0.120. The number of hydrogen-bond acceptors (Lipinski definition) is 3. The molecule has 1 aliphatic rings. The van der Waals surface area contributed by atoms with Crippen molar-refractivity contribution in [3.63, 3.8) is 0 Å². The SMILES string of the molecule is CNC(C)C(C)(C)CN1CCC(C(C)O)CC1. The lowest BCUT2D eigenvalue weighted by Gasteiger charge is -2.40. The molecule has 17 heavy (non-hydrogen) atoms. The highest BCUT2D eigenvalue weighted by molar-refractivity contribution is 4.85. The van der Waals surface area contributed by atoms with E-state index in [1.807, 2.05) is 14.0 Å². The van der Waals surface area contributed by atoms with Crippen LogP contribution in [-0.2, 0) is 0 Å². The van der Waals surface area contributed by atoms with E-state index in [9.17, 15) is 5.11 Å². The van der Waals surface area contributed by atoms with E-state index in [-0.39, 0.29) is 6.10 Å². The first-order valence-corrected chi connectivity index (χ1v) is 6.94. The maximum absolute atomic E-state index is 9.59. The molecule has 1 heterocycles. The summed E-state index contributed by atoms with van der Waals surface area (Å²) < 4.78 is 0. The fraction of sp³-hybridized carbons (Fsp3) is 1.00. The fourth-order valence-corrected chi connectivity index (χ4v) is 2.70. The highest BCUT2D eigenvalue weighted by Crippen LogP contribution is 2.26. The Bertz CT molecular complexity index is 220. The van der Waals surface area contributed by atoms with E-state index < -0.39 is 0 Å². The van der Waals surface area contributed by atoms with Gasteiger partial charge in [0.25, 0.3) is 0 Å². The van der Waals surface area contributed by atoms with Gasteiger partial charge in [-0.05, 0) is 58.2 Å². The Labute approximate surface area is 107 Å². The van der Waals surface area contributed by atoms with E-state index in [1.165, 1.54) is 0 Å². The zero-order chi connectivity index (χ0) is 13.1. The summed E-state index contributed by atoms with van der Waals surface area (Å²) in [6.07, 6.45) is 2.14. The molecule has 0 bridgehead atoms. The zero-order valence-corrected chi connectivity index (χ0v) is 12.2. The summed E-state index contributed by atoms with van der Waals surface area (Å²) in [7, 11) is 2.03. The molecule has 2 atom stereocenters. The summed E-state index contributed by atoms with van der Waals surface area (Å²) in [6.45, 7) is 12.2. The van der Waals surface area contributed by atoms with Crippen LogP contribution in [0.25, 0.3) is 0 Å². The van der Waals surface area contributed by atoms with E-state index in [0.29, 0.717) is 17.4 Å². The van der Waals surface area contributed by atoms with Gasteiger partial charge in [0.05, 0.1) is 6.10 Å². The molecule has 1 saturated heterocycles. The second-order valence-electron chi connectivity index (χ2n) is 6.35. The van der Waals surface area contributed by atoms with Crippen LogP contribution >= 0.6 is 0 Å². The lowest BCUT2D eigenvalue weighted by atomic mass is 9.83. The molecule has 3 nitrogen and oxygen atoms in total. The molecule has 2 unspecified atom stereocenters. The molecule has 1 aliphatic heterocycles. The van der Waals surface area contributed by atoms with Gasteiger partial charge in [0.2, 0.25) is 0 Å². The van der Waals surface area contributed by atoms with E-state index >= 15 is 0 Å². The van der Waals surface area contributed by atoms with Gasteiger partial charge in [-0.1, -0.05) is 13.8 Å². The van der Waals surface area contributed by atoms with Gasteiger partial charge in [0, 0.05) is 12.6 Å². The molecule has 3 heteroatoms. The Morgan fingerprint density at radius 3 is 2.24 bits per heavy atom. The molecule has 0 aromatic heterocycles. The van der Waals surface area contributed by atoms with Crippen molar-refractivity contribution in [3.05, 3.63) is 0 Å². The second kappa shape index (κ2) is 6.17. The molecule has 0 amide bonds. The maximum Gasteiger partial charge on any atom is 0.0541 e. The number of aliphatic hydroxyl groups excluding tert-OH is 1. The average Bonchev–Trinajstić information content (AvgIpc) is 2.28. The normalized spacial score (nSPS) is 23.6. The monoisotopic (exact) mass is 242 g/mol. The predicted octanol–water partition coefficient (Wildman–Crippen LogP) is 1.71. The van der Waals surface area contributed by atoms with Crippen LogP contribution in [0.2, 0.25) is 0 Å². The Balaban J connectivity index is 2.40. The molecule has 0 aliphatic carbocycles. The van der Waals surface area contributed by atoms with E-state index in [1.54, 1.807) is 0 Å². The topological polar surface area (TPSA) is 35.5 Å². The number of piperidine rings is 1. The number of nitrogens with one attached hydrogen (secondary N) is 1. The smallest absolute Gasteiger partial charge is 0.0541 e. The van der Waals surface area contributed by atoms with Gasteiger partial charge >= 0.3 is 0 Å². The fourth-order valence-electron chi connectivity index (χ4n) is 2.70. The molecular weight excluding hydrogens is 212 g/mol. The summed E-state index contributed by atoms with van der Waals surface area (Å²) in [5.41, 5.74) is 0.298. The summed E-state index contributed by atoms with van der Waals surface area (Å²) in [5.74, 6) is 0.510. The molecule has 0 spiro atoms. The summed E-state index contributed by atoms with van der Waals surface area (Å²) in [4.78, 5) is 2.55. The molecule has 0 aromatic rings. The third-order valence-electron chi connectivity index (χ3n) is 4.55. The maximum atomic E-state index is 9.59. The van der Waals surface area contributed by atoms with Gasteiger partial charge in [-0.2, -0.15) is 0 Å². The first-order chi connectivity index (χ1) is 7.86. The largest absolute Gasteiger partial charge is 0.393 e. The van der Waals surface area contributed by atoms with Crippen molar-refractivity contribution in [2.45, 2.75) is 52.7 Å². The zero-order valence-electron chi connectivity index (χ0n) is 12.2. The van der Waals surface area contributed by atoms with Crippen LogP contribution < -0.4 is 5.32 Å². The van der Waals surface area contributed by atoms with Crippen molar-refractivity contribution >= 4 is 0 Å². The number of aliphatic hydroxyl groups is 1. The van der Waals surface area contributed by atoms with Crippen LogP contribution in [-0.4, -0.2) is 48.8 Å². The minimum absolute atomic E-state index is 0.138. The molecular formula is C14H30N2O. The summed E-state index contributed by atoms with van der Waals surface area (Å²) >= 11 is 0. The van der Waals surface area contributed by atoms with Gasteiger partial charge in [-0.25, -0.2) is 0 Å². The quantitative estimate of drug-likeness (QED) is 0.770. The molecule has 0 radical (unpaired) electrons. The van der Waals surface area contributed by atoms with Crippen LogP contribution in [0.15, 0.2) is 0 Å². The molecule has 0 aromatic carbocycles. The lowest BCUT2D eigenvalue weighted by Crippen LogP contribution is -2.48. The van der Waals surface area contributed by atoms with Gasteiger partial charge < -0.3 is 15.3 Å². The first-order valence-electron chi connectivity index (χ1n) is 6.94. The lowest BCUT2D eigenvalue weighted by molar-refractivity contribution is 0.0529. The molecule has 1 rings (SSSR count). The number of likely N-dealkylation sites (tertiary alicyclic amines) is 1. The van der Waals surface area contributed by atoms with Crippen LogP contribution in [0.4, 0.5) is 0 Å². The van der Waals surface area contributed by atoms with Crippen molar-refractivity contribution < 1.29 is 5.11 Å². The summed E-state index contributed by atoms with van der Waals surface area (Å²) in [6, 6.07) is 0.525. The average molecular weight is 242 g/mol. The van der Waals surface area contributed by atoms with Gasteiger partial charge in [-0.3, -0.25) is 0 Å². The van der Waals surface area contributed by atoms with Crippen LogP contribution in [0, 0.1) is 11.3 Å². The Kier molecular flexibility index (Phi) is 5.42.